The Kier molecular flexibility index (Phi) is 3.74. The van der Waals surface area contributed by atoms with Crippen LogP contribution in [0, 0.1) is 5.92 Å². The van der Waals surface area contributed by atoms with Crippen LogP contribution < -0.4 is 5.73 Å². The highest BCUT2D eigenvalue weighted by Gasteiger charge is 2.17. The fourth-order valence-corrected chi connectivity index (χ4v) is 3.48. The molecular formula is C19H19N7O. The van der Waals surface area contributed by atoms with Gasteiger partial charge in [0.1, 0.15) is 0 Å². The molecule has 0 bridgehead atoms. The average Bonchev–Trinajstić information content (AvgIpc) is 3.42. The van der Waals surface area contributed by atoms with Gasteiger partial charge in [0.05, 0.1) is 17.8 Å². The van der Waals surface area contributed by atoms with Gasteiger partial charge in [-0.15, -0.1) is 5.10 Å². The first-order valence-electron chi connectivity index (χ1n) is 9.04. The fraction of sp³-hybridized carbons (Fsp3) is 0.263. The third kappa shape index (κ3) is 2.79. The second kappa shape index (κ2) is 6.39. The van der Waals surface area contributed by atoms with Gasteiger partial charge < -0.3 is 10.2 Å². The van der Waals surface area contributed by atoms with Crippen molar-refractivity contribution in [3.63, 3.8) is 0 Å². The van der Waals surface area contributed by atoms with Crippen molar-refractivity contribution in [2.45, 2.75) is 25.8 Å². The van der Waals surface area contributed by atoms with Crippen LogP contribution >= 0.6 is 0 Å². The molecule has 0 radical (unpaired) electrons. The first-order chi connectivity index (χ1) is 13.3. The summed E-state index contributed by atoms with van der Waals surface area (Å²) < 4.78 is 8.82. The van der Waals surface area contributed by atoms with Crippen LogP contribution in [0.4, 0.5) is 5.95 Å². The summed E-state index contributed by atoms with van der Waals surface area (Å²) in [6.07, 6.45) is 15.3. The predicted octanol–water partition coefficient (Wildman–Crippen LogP) is 3.23. The van der Waals surface area contributed by atoms with E-state index in [0.717, 1.165) is 36.8 Å². The van der Waals surface area contributed by atoms with Crippen molar-refractivity contribution in [2.75, 3.05) is 5.73 Å². The summed E-state index contributed by atoms with van der Waals surface area (Å²) in [5, 5.41) is 9.74. The van der Waals surface area contributed by atoms with Gasteiger partial charge in [-0.05, 0) is 37.3 Å². The van der Waals surface area contributed by atoms with Crippen LogP contribution in [-0.2, 0) is 6.54 Å². The molecule has 0 aromatic carbocycles. The molecule has 1 atom stereocenters. The zero-order valence-corrected chi connectivity index (χ0v) is 14.7. The number of rotatable bonds is 5. The fourth-order valence-electron chi connectivity index (χ4n) is 3.48. The van der Waals surface area contributed by atoms with Crippen molar-refractivity contribution in [1.29, 1.82) is 0 Å². The normalized spacial score (nSPS) is 16.7. The predicted molar refractivity (Wildman–Crippen MR) is 102 cm³/mol. The number of hydrogen-bond donors (Lipinski definition) is 1. The van der Waals surface area contributed by atoms with E-state index in [2.05, 4.69) is 44.5 Å². The van der Waals surface area contributed by atoms with E-state index in [-0.39, 0.29) is 5.95 Å². The lowest BCUT2D eigenvalue weighted by atomic mass is 9.96. The largest absolute Gasteiger partial charge is 0.461 e. The van der Waals surface area contributed by atoms with E-state index in [9.17, 15) is 0 Å². The molecule has 4 aromatic heterocycles. The summed E-state index contributed by atoms with van der Waals surface area (Å²) in [5.41, 5.74) is 7.49. The molecule has 1 aliphatic carbocycles. The molecule has 0 saturated heterocycles. The second-order valence-corrected chi connectivity index (χ2v) is 6.67. The van der Waals surface area contributed by atoms with Crippen molar-refractivity contribution in [2.24, 2.45) is 5.92 Å². The Morgan fingerprint density at radius 1 is 1.22 bits per heavy atom. The van der Waals surface area contributed by atoms with E-state index in [1.807, 2.05) is 10.7 Å². The van der Waals surface area contributed by atoms with Gasteiger partial charge in [-0.3, -0.25) is 0 Å². The quantitative estimate of drug-likeness (QED) is 0.586. The highest BCUT2D eigenvalue weighted by Crippen LogP contribution is 2.24. The van der Waals surface area contributed by atoms with Crippen LogP contribution in [0.2, 0.25) is 0 Å². The Hall–Kier alpha value is -3.42. The molecule has 0 spiro atoms. The number of nitrogens with two attached hydrogens (primary N) is 1. The van der Waals surface area contributed by atoms with E-state index in [4.69, 9.17) is 10.2 Å². The Labute approximate surface area is 155 Å². The third-order valence-corrected chi connectivity index (χ3v) is 4.85. The lowest BCUT2D eigenvalue weighted by Crippen LogP contribution is -2.07. The Balaban J connectivity index is 1.45. The van der Waals surface area contributed by atoms with Crippen LogP contribution in [0.25, 0.3) is 28.3 Å². The molecule has 4 aromatic rings. The number of anilines is 1. The molecule has 0 amide bonds. The minimum Gasteiger partial charge on any atom is -0.461 e. The second-order valence-electron chi connectivity index (χ2n) is 6.67. The molecule has 0 saturated carbocycles. The summed E-state index contributed by atoms with van der Waals surface area (Å²) in [6, 6.07) is 3.61. The van der Waals surface area contributed by atoms with Gasteiger partial charge >= 0.3 is 0 Å². The van der Waals surface area contributed by atoms with Crippen LogP contribution in [0.15, 0.2) is 53.3 Å². The first kappa shape index (κ1) is 15.8. The van der Waals surface area contributed by atoms with Crippen molar-refractivity contribution < 1.29 is 4.42 Å². The average molecular weight is 361 g/mol. The van der Waals surface area contributed by atoms with Gasteiger partial charge in [0.15, 0.2) is 17.1 Å². The Morgan fingerprint density at radius 2 is 2.19 bits per heavy atom. The summed E-state index contributed by atoms with van der Waals surface area (Å²) in [6.45, 7) is 0.791. The summed E-state index contributed by atoms with van der Waals surface area (Å²) in [7, 11) is 0. The molecule has 1 aliphatic rings. The first-order valence-corrected chi connectivity index (χ1v) is 9.04. The summed E-state index contributed by atoms with van der Waals surface area (Å²) in [5.74, 6) is 1.96. The molecule has 2 N–H and O–H groups in total. The van der Waals surface area contributed by atoms with E-state index < -0.39 is 0 Å². The maximum absolute atomic E-state index is 6.12. The highest BCUT2D eigenvalue weighted by atomic mass is 16.3. The molecule has 0 aliphatic heterocycles. The van der Waals surface area contributed by atoms with Crippen LogP contribution in [-0.4, -0.2) is 29.4 Å². The van der Waals surface area contributed by atoms with Gasteiger partial charge in [0, 0.05) is 6.54 Å². The monoisotopic (exact) mass is 361 g/mol. The number of fused-ring (bicyclic) bond motifs is 3. The molecule has 8 heteroatoms. The van der Waals surface area contributed by atoms with E-state index in [1.165, 1.54) is 4.52 Å². The SMILES string of the molecule is Nc1nc2c(cnn2CCCC2C=CC=CC2)c2nc(-c3ccco3)nn12. The minimum absolute atomic E-state index is 0.282. The number of furan rings is 1. The topological polar surface area (TPSA) is 100 Å². The summed E-state index contributed by atoms with van der Waals surface area (Å²) >= 11 is 0. The van der Waals surface area contributed by atoms with Gasteiger partial charge in [0.2, 0.25) is 11.8 Å². The minimum atomic E-state index is 0.282. The van der Waals surface area contributed by atoms with Crippen molar-refractivity contribution in [3.05, 3.63) is 48.9 Å². The van der Waals surface area contributed by atoms with Crippen LogP contribution in [0.1, 0.15) is 19.3 Å². The molecule has 5 rings (SSSR count). The zero-order valence-electron chi connectivity index (χ0n) is 14.7. The van der Waals surface area contributed by atoms with Gasteiger partial charge in [-0.2, -0.15) is 14.6 Å². The molecule has 136 valence electrons. The van der Waals surface area contributed by atoms with Crippen molar-refractivity contribution in [1.82, 2.24) is 29.4 Å². The maximum atomic E-state index is 6.12. The number of nitrogen functional groups attached to an aromatic ring is 1. The zero-order chi connectivity index (χ0) is 18.2. The number of hydrogen-bond acceptors (Lipinski definition) is 6. The number of allylic oxidation sites excluding steroid dienone is 4. The van der Waals surface area contributed by atoms with E-state index in [1.54, 1.807) is 18.5 Å². The smallest absolute Gasteiger partial charge is 0.225 e. The van der Waals surface area contributed by atoms with E-state index in [0.29, 0.717) is 23.1 Å². The van der Waals surface area contributed by atoms with E-state index >= 15 is 0 Å². The maximum Gasteiger partial charge on any atom is 0.225 e. The van der Waals surface area contributed by atoms with Crippen LogP contribution in [0.3, 0.4) is 0 Å². The van der Waals surface area contributed by atoms with Gasteiger partial charge in [0.25, 0.3) is 0 Å². The lowest BCUT2D eigenvalue weighted by Gasteiger charge is -2.12. The highest BCUT2D eigenvalue weighted by molar-refractivity contribution is 5.90. The number of aryl methyl sites for hydroxylation is 1. The molecule has 4 heterocycles. The number of nitrogens with zero attached hydrogens (tertiary/aromatic N) is 6. The number of aromatic nitrogens is 6. The van der Waals surface area contributed by atoms with Crippen molar-refractivity contribution in [3.8, 4) is 11.6 Å². The summed E-state index contributed by atoms with van der Waals surface area (Å²) in [4.78, 5) is 9.09. The van der Waals surface area contributed by atoms with Crippen LogP contribution in [0.5, 0.6) is 0 Å². The standard InChI is InChI=1S/C19H19N7O/c20-19-23-17-14(18-22-16(24-26(18)19)15-9-5-11-27-15)12-21-25(17)10-4-8-13-6-2-1-3-7-13/h1-3,5-6,9,11-13H,4,7-8,10H2,(H2,20,23). The molecular weight excluding hydrogens is 342 g/mol. The third-order valence-electron chi connectivity index (χ3n) is 4.85. The lowest BCUT2D eigenvalue weighted by molar-refractivity contribution is 0.501. The molecule has 27 heavy (non-hydrogen) atoms. The van der Waals surface area contributed by atoms with Gasteiger partial charge in [-0.1, -0.05) is 24.3 Å². The Bertz CT molecular complexity index is 1150. The molecule has 0 fully saturated rings. The van der Waals surface area contributed by atoms with Crippen molar-refractivity contribution >= 4 is 22.6 Å². The molecule has 8 nitrogen and oxygen atoms in total. The Morgan fingerprint density at radius 3 is 3.00 bits per heavy atom. The van der Waals surface area contributed by atoms with Gasteiger partial charge in [-0.25, -0.2) is 9.67 Å². The molecule has 1 unspecified atom stereocenters.